The molecule has 4 aromatic rings. The fourth-order valence-electron chi connectivity index (χ4n) is 3.83. The topological polar surface area (TPSA) is 125 Å². The van der Waals surface area contributed by atoms with E-state index >= 15 is 0 Å². The Kier molecular flexibility index (Phi) is 5.08. The van der Waals surface area contributed by atoms with Crippen LogP contribution in [0, 0.1) is 0 Å². The van der Waals surface area contributed by atoms with Gasteiger partial charge in [-0.25, -0.2) is 9.67 Å². The van der Waals surface area contributed by atoms with Gasteiger partial charge in [-0.2, -0.15) is 10.2 Å². The number of amides is 1. The Balaban J connectivity index is 1.53. The Morgan fingerprint density at radius 3 is 2.74 bits per heavy atom. The second-order valence-electron chi connectivity index (χ2n) is 7.60. The zero-order chi connectivity index (χ0) is 21.4. The molecule has 9 nitrogen and oxygen atoms in total. The number of primary amides is 1. The van der Waals surface area contributed by atoms with Gasteiger partial charge in [-0.1, -0.05) is 6.07 Å². The first-order chi connectivity index (χ1) is 15.1. The minimum Gasteiger partial charge on any atom is -0.393 e. The molecule has 1 fully saturated rings. The van der Waals surface area contributed by atoms with Crippen molar-refractivity contribution in [2.75, 3.05) is 0 Å². The minimum absolute atomic E-state index is 0.223. The second kappa shape index (κ2) is 8.05. The zero-order valence-corrected chi connectivity index (χ0v) is 17.4. The van der Waals surface area contributed by atoms with Crippen molar-refractivity contribution < 1.29 is 9.90 Å². The molecule has 0 radical (unpaired) electrons. The highest BCUT2D eigenvalue weighted by molar-refractivity contribution is 7.13. The van der Waals surface area contributed by atoms with Gasteiger partial charge in [0.2, 0.25) is 0 Å². The summed E-state index contributed by atoms with van der Waals surface area (Å²) in [6, 6.07) is 5.95. The van der Waals surface area contributed by atoms with Gasteiger partial charge >= 0.3 is 0 Å². The summed E-state index contributed by atoms with van der Waals surface area (Å²) in [7, 11) is 0. The highest BCUT2D eigenvalue weighted by Crippen LogP contribution is 2.32. The van der Waals surface area contributed by atoms with Gasteiger partial charge in [0.05, 0.1) is 30.2 Å². The van der Waals surface area contributed by atoms with E-state index in [4.69, 9.17) is 10.8 Å². The van der Waals surface area contributed by atoms with Crippen LogP contribution in [0.1, 0.15) is 42.2 Å². The van der Waals surface area contributed by atoms with Gasteiger partial charge < -0.3 is 10.8 Å². The summed E-state index contributed by atoms with van der Waals surface area (Å²) in [5.41, 5.74) is 8.65. The average molecular weight is 436 g/mol. The largest absolute Gasteiger partial charge is 0.393 e. The van der Waals surface area contributed by atoms with Gasteiger partial charge in [0.15, 0.2) is 0 Å². The molecule has 1 aliphatic carbocycles. The highest BCUT2D eigenvalue weighted by Gasteiger charge is 2.24. The summed E-state index contributed by atoms with van der Waals surface area (Å²) in [6.45, 7) is 0. The third-order valence-electron chi connectivity index (χ3n) is 5.49. The predicted octanol–water partition coefficient (Wildman–Crippen LogP) is 2.83. The van der Waals surface area contributed by atoms with E-state index in [1.807, 2.05) is 35.3 Å². The van der Waals surface area contributed by atoms with E-state index in [1.54, 1.807) is 22.5 Å². The molecule has 0 aromatic carbocycles. The third-order valence-corrected chi connectivity index (χ3v) is 6.38. The van der Waals surface area contributed by atoms with Crippen molar-refractivity contribution in [3.63, 3.8) is 0 Å². The lowest BCUT2D eigenvalue weighted by Crippen LogP contribution is -2.21. The second-order valence-corrected chi connectivity index (χ2v) is 8.45. The van der Waals surface area contributed by atoms with Gasteiger partial charge in [0.1, 0.15) is 22.1 Å². The number of carbonyl (C=O) groups excluding carboxylic acids is 1. The highest BCUT2D eigenvalue weighted by atomic mass is 32.1. The van der Waals surface area contributed by atoms with Crippen molar-refractivity contribution in [3.05, 3.63) is 54.1 Å². The number of nitrogens with two attached hydrogens (primary N) is 1. The molecule has 1 saturated carbocycles. The van der Waals surface area contributed by atoms with Crippen molar-refractivity contribution in [1.82, 2.24) is 29.5 Å². The van der Waals surface area contributed by atoms with Crippen molar-refractivity contribution in [2.45, 2.75) is 37.8 Å². The number of hydrogen-bond acceptors (Lipinski definition) is 7. The maximum Gasteiger partial charge on any atom is 0.268 e. The number of hydrogen-bond donors (Lipinski definition) is 2. The number of carbonyl (C=O) groups is 1. The van der Waals surface area contributed by atoms with E-state index in [1.165, 1.54) is 11.3 Å². The lowest BCUT2D eigenvalue weighted by molar-refractivity contribution is 0.0996. The lowest BCUT2D eigenvalue weighted by Gasteiger charge is -2.25. The first-order valence-electron chi connectivity index (χ1n) is 10.1. The van der Waals surface area contributed by atoms with E-state index in [9.17, 15) is 9.90 Å². The summed E-state index contributed by atoms with van der Waals surface area (Å²) < 4.78 is 3.73. The maximum atomic E-state index is 11.4. The molecule has 1 aliphatic rings. The molecule has 0 atom stereocenters. The van der Waals surface area contributed by atoms with E-state index in [-0.39, 0.29) is 17.8 Å². The molecule has 0 unspecified atom stereocenters. The quantitative estimate of drug-likeness (QED) is 0.497. The van der Waals surface area contributed by atoms with Crippen LogP contribution in [0.3, 0.4) is 0 Å². The van der Waals surface area contributed by atoms with Crippen LogP contribution < -0.4 is 5.73 Å². The molecule has 31 heavy (non-hydrogen) atoms. The molecule has 0 aliphatic heterocycles. The summed E-state index contributed by atoms with van der Waals surface area (Å²) in [5, 5.41) is 21.5. The Morgan fingerprint density at radius 2 is 2.03 bits per heavy atom. The molecule has 4 heterocycles. The summed E-state index contributed by atoms with van der Waals surface area (Å²) in [4.78, 5) is 20.1. The molecular weight excluding hydrogens is 414 g/mol. The normalized spacial score (nSPS) is 18.9. The molecular formula is C21H21N7O2S. The van der Waals surface area contributed by atoms with E-state index in [2.05, 4.69) is 15.1 Å². The van der Waals surface area contributed by atoms with Gasteiger partial charge in [-0.15, -0.1) is 11.3 Å². The fraction of sp³-hybridized carbons (Fsp3) is 0.286. The van der Waals surface area contributed by atoms with Crippen LogP contribution in [0.25, 0.3) is 27.6 Å². The molecule has 1 amide bonds. The number of nitrogens with zero attached hydrogens (tertiary/aromatic N) is 6. The molecule has 0 saturated heterocycles. The number of aromatic nitrogens is 6. The van der Waals surface area contributed by atoms with Crippen LogP contribution >= 0.6 is 11.3 Å². The SMILES string of the molecule is NC(=O)c1csc(-c2cnn(-c3cn(C4CCC(O)CC4)nc3-c3ccccn3)c2)n1. The lowest BCUT2D eigenvalue weighted by atomic mass is 9.93. The Labute approximate surface area is 182 Å². The van der Waals surface area contributed by atoms with E-state index in [0.29, 0.717) is 5.01 Å². The molecule has 0 bridgehead atoms. The van der Waals surface area contributed by atoms with Crippen molar-refractivity contribution in [2.24, 2.45) is 5.73 Å². The molecule has 5 rings (SSSR count). The average Bonchev–Trinajstić information content (AvgIpc) is 3.53. The Hall–Kier alpha value is -3.37. The minimum atomic E-state index is -0.550. The van der Waals surface area contributed by atoms with Gasteiger partial charge in [0, 0.05) is 23.3 Å². The van der Waals surface area contributed by atoms with Crippen LogP contribution in [0.15, 0.2) is 48.4 Å². The van der Waals surface area contributed by atoms with Crippen LogP contribution in [-0.4, -0.2) is 46.6 Å². The maximum absolute atomic E-state index is 11.4. The molecule has 3 N–H and O–H groups in total. The third kappa shape index (κ3) is 3.87. The van der Waals surface area contributed by atoms with E-state index in [0.717, 1.165) is 48.3 Å². The van der Waals surface area contributed by atoms with Crippen molar-refractivity contribution >= 4 is 17.2 Å². The number of rotatable bonds is 5. The fourth-order valence-corrected chi connectivity index (χ4v) is 4.61. The number of aliphatic hydroxyl groups is 1. The summed E-state index contributed by atoms with van der Waals surface area (Å²) >= 11 is 1.35. The Morgan fingerprint density at radius 1 is 1.19 bits per heavy atom. The van der Waals surface area contributed by atoms with Crippen molar-refractivity contribution in [1.29, 1.82) is 0 Å². The number of pyridine rings is 1. The van der Waals surface area contributed by atoms with Crippen molar-refractivity contribution in [3.8, 4) is 27.6 Å². The van der Waals surface area contributed by atoms with Crippen LogP contribution in [-0.2, 0) is 0 Å². The smallest absolute Gasteiger partial charge is 0.268 e. The standard InChI is InChI=1S/C21H21N7O2S/c22-20(30)17-12-31-21(25-17)13-9-24-28(10-13)18-11-27(14-4-6-15(29)7-5-14)26-19(18)16-3-1-2-8-23-16/h1-3,8-12,14-15,29H,4-7H2,(H2,22,30). The first kappa shape index (κ1) is 19.6. The van der Waals surface area contributed by atoms with Crippen LogP contribution in [0.2, 0.25) is 0 Å². The number of thiazole rings is 1. The molecule has 10 heteroatoms. The zero-order valence-electron chi connectivity index (χ0n) is 16.6. The van der Waals surface area contributed by atoms with Gasteiger partial charge in [0.25, 0.3) is 5.91 Å². The number of aliphatic hydroxyl groups excluding tert-OH is 1. The van der Waals surface area contributed by atoms with Gasteiger partial charge in [-0.3, -0.25) is 14.5 Å². The predicted molar refractivity (Wildman–Crippen MR) is 116 cm³/mol. The molecule has 0 spiro atoms. The summed E-state index contributed by atoms with van der Waals surface area (Å²) in [6.07, 6.45) is 10.4. The van der Waals surface area contributed by atoms with Crippen LogP contribution in [0.4, 0.5) is 0 Å². The molecule has 4 aromatic heterocycles. The van der Waals surface area contributed by atoms with Gasteiger partial charge in [-0.05, 0) is 37.8 Å². The Bertz CT molecular complexity index is 1210. The van der Waals surface area contributed by atoms with E-state index < -0.39 is 5.91 Å². The molecule has 158 valence electrons. The first-order valence-corrected chi connectivity index (χ1v) is 11.0. The monoisotopic (exact) mass is 435 g/mol. The summed E-state index contributed by atoms with van der Waals surface area (Å²) in [5.74, 6) is -0.550. The van der Waals surface area contributed by atoms with Crippen LogP contribution in [0.5, 0.6) is 0 Å².